The highest BCUT2D eigenvalue weighted by Gasteiger charge is 2.36. The molecule has 2 rings (SSSR count). The average molecular weight is 388 g/mol. The van der Waals surface area contributed by atoms with E-state index in [0.717, 1.165) is 9.26 Å². The Morgan fingerprint density at radius 1 is 1.45 bits per heavy atom. The molecule has 2 unspecified atom stereocenters. The second-order valence-electron chi connectivity index (χ2n) is 4.97. The molecule has 1 saturated heterocycles. The quantitative estimate of drug-likeness (QED) is 0.775. The number of carboxylic acid groups (broad SMARTS) is 1. The highest BCUT2D eigenvalue weighted by Crippen LogP contribution is 2.24. The Hall–Kier alpha value is -1.15. The number of para-hydroxylation sites is 1. The highest BCUT2D eigenvalue weighted by atomic mass is 127. The summed E-state index contributed by atoms with van der Waals surface area (Å²) in [5, 5.41) is 11.9. The predicted octanol–water partition coefficient (Wildman–Crippen LogP) is 2.02. The minimum Gasteiger partial charge on any atom is -0.481 e. The molecule has 1 aromatic rings. The van der Waals surface area contributed by atoms with Gasteiger partial charge in [0, 0.05) is 9.61 Å². The van der Waals surface area contributed by atoms with Crippen molar-refractivity contribution in [2.75, 3.05) is 18.4 Å². The van der Waals surface area contributed by atoms with Crippen molar-refractivity contribution in [2.24, 2.45) is 5.92 Å². The number of carbonyl (C=O) groups is 2. The number of anilines is 1. The third kappa shape index (κ3) is 3.49. The Labute approximate surface area is 131 Å². The Kier molecular flexibility index (Phi) is 4.98. The van der Waals surface area contributed by atoms with Crippen LogP contribution in [-0.2, 0) is 9.59 Å². The highest BCUT2D eigenvalue weighted by molar-refractivity contribution is 14.1. The maximum Gasteiger partial charge on any atom is 0.308 e. The summed E-state index contributed by atoms with van der Waals surface area (Å²) in [6, 6.07) is 7.46. The molecule has 0 radical (unpaired) electrons. The maximum absolute atomic E-state index is 12.0. The SMILES string of the molecule is CC1C(C(=O)O)CCN1CC(=O)Nc1ccccc1I. The number of hydrogen-bond acceptors (Lipinski definition) is 3. The molecule has 1 aliphatic rings. The van der Waals surface area contributed by atoms with Crippen LogP contribution < -0.4 is 5.32 Å². The molecular formula is C14H17IN2O3. The summed E-state index contributed by atoms with van der Waals surface area (Å²) in [4.78, 5) is 25.0. The van der Waals surface area contributed by atoms with Gasteiger partial charge in [-0.1, -0.05) is 12.1 Å². The van der Waals surface area contributed by atoms with Gasteiger partial charge in [0.25, 0.3) is 0 Å². The minimum absolute atomic E-state index is 0.104. The summed E-state index contributed by atoms with van der Waals surface area (Å²) >= 11 is 2.17. The van der Waals surface area contributed by atoms with Crippen molar-refractivity contribution in [3.8, 4) is 0 Å². The number of nitrogens with one attached hydrogen (secondary N) is 1. The van der Waals surface area contributed by atoms with Crippen molar-refractivity contribution >= 4 is 40.2 Å². The zero-order chi connectivity index (χ0) is 14.7. The number of aliphatic carboxylic acids is 1. The number of amides is 1. The van der Waals surface area contributed by atoms with Gasteiger partial charge < -0.3 is 10.4 Å². The number of carbonyl (C=O) groups excluding carboxylic acids is 1. The van der Waals surface area contributed by atoms with Gasteiger partial charge in [-0.05, 0) is 54.6 Å². The van der Waals surface area contributed by atoms with Crippen LogP contribution in [0.3, 0.4) is 0 Å². The molecule has 1 heterocycles. The summed E-state index contributed by atoms with van der Waals surface area (Å²) in [7, 11) is 0. The first-order valence-electron chi connectivity index (χ1n) is 6.50. The molecule has 1 aliphatic heterocycles. The number of likely N-dealkylation sites (tertiary alicyclic amines) is 1. The molecule has 2 atom stereocenters. The normalized spacial score (nSPS) is 22.7. The monoisotopic (exact) mass is 388 g/mol. The van der Waals surface area contributed by atoms with Gasteiger partial charge in [-0.3, -0.25) is 14.5 Å². The van der Waals surface area contributed by atoms with Crippen LogP contribution in [0.5, 0.6) is 0 Å². The number of nitrogens with zero attached hydrogens (tertiary/aromatic N) is 1. The van der Waals surface area contributed by atoms with E-state index >= 15 is 0 Å². The molecule has 0 spiro atoms. The van der Waals surface area contributed by atoms with Gasteiger partial charge in [0.2, 0.25) is 5.91 Å². The van der Waals surface area contributed by atoms with Crippen LogP contribution in [0.15, 0.2) is 24.3 Å². The van der Waals surface area contributed by atoms with Crippen molar-refractivity contribution < 1.29 is 14.7 Å². The molecule has 20 heavy (non-hydrogen) atoms. The van der Waals surface area contributed by atoms with Gasteiger partial charge in [-0.25, -0.2) is 0 Å². The van der Waals surface area contributed by atoms with Crippen molar-refractivity contribution in [1.82, 2.24) is 4.90 Å². The topological polar surface area (TPSA) is 69.6 Å². The van der Waals surface area contributed by atoms with Crippen LogP contribution >= 0.6 is 22.6 Å². The number of halogens is 1. The lowest BCUT2D eigenvalue weighted by atomic mass is 10.0. The number of rotatable bonds is 4. The van der Waals surface area contributed by atoms with Gasteiger partial charge in [0.1, 0.15) is 0 Å². The smallest absolute Gasteiger partial charge is 0.308 e. The van der Waals surface area contributed by atoms with Crippen molar-refractivity contribution in [1.29, 1.82) is 0 Å². The lowest BCUT2D eigenvalue weighted by Gasteiger charge is -2.22. The molecule has 1 fully saturated rings. The average Bonchev–Trinajstić information content (AvgIpc) is 2.74. The Balaban J connectivity index is 1.93. The van der Waals surface area contributed by atoms with Crippen molar-refractivity contribution in [3.05, 3.63) is 27.8 Å². The molecule has 0 aromatic heterocycles. The lowest BCUT2D eigenvalue weighted by molar-refractivity contribution is -0.142. The Morgan fingerprint density at radius 3 is 2.75 bits per heavy atom. The summed E-state index contributed by atoms with van der Waals surface area (Å²) in [6.45, 7) is 2.75. The van der Waals surface area contributed by atoms with Crippen LogP contribution in [0, 0.1) is 9.49 Å². The molecule has 5 nitrogen and oxygen atoms in total. The molecule has 1 aromatic carbocycles. The van der Waals surface area contributed by atoms with Gasteiger partial charge in [0.15, 0.2) is 0 Å². The molecule has 0 saturated carbocycles. The summed E-state index contributed by atoms with van der Waals surface area (Å²) in [6.07, 6.45) is 0.604. The van der Waals surface area contributed by atoms with Crippen LogP contribution in [0.2, 0.25) is 0 Å². The van der Waals surface area contributed by atoms with E-state index in [4.69, 9.17) is 5.11 Å². The summed E-state index contributed by atoms with van der Waals surface area (Å²) in [5.74, 6) is -1.26. The first-order valence-corrected chi connectivity index (χ1v) is 7.58. The van der Waals surface area contributed by atoms with E-state index in [1.807, 2.05) is 36.1 Å². The molecular weight excluding hydrogens is 371 g/mol. The van der Waals surface area contributed by atoms with E-state index in [0.29, 0.717) is 13.0 Å². The Bertz CT molecular complexity index is 521. The minimum atomic E-state index is -0.780. The zero-order valence-electron chi connectivity index (χ0n) is 11.2. The number of hydrogen-bond donors (Lipinski definition) is 2. The molecule has 108 valence electrons. The van der Waals surface area contributed by atoms with E-state index in [9.17, 15) is 9.59 Å². The number of carboxylic acids is 1. The van der Waals surface area contributed by atoms with Gasteiger partial charge >= 0.3 is 5.97 Å². The molecule has 1 amide bonds. The van der Waals surface area contributed by atoms with E-state index < -0.39 is 5.97 Å². The largest absolute Gasteiger partial charge is 0.481 e. The Morgan fingerprint density at radius 2 is 2.15 bits per heavy atom. The van der Waals surface area contributed by atoms with Gasteiger partial charge in [0.05, 0.1) is 18.2 Å². The van der Waals surface area contributed by atoms with Crippen LogP contribution in [-0.4, -0.2) is 41.0 Å². The van der Waals surface area contributed by atoms with E-state index in [2.05, 4.69) is 27.9 Å². The fourth-order valence-corrected chi connectivity index (χ4v) is 3.02. The first kappa shape index (κ1) is 15.2. The number of benzene rings is 1. The fraction of sp³-hybridized carbons (Fsp3) is 0.429. The van der Waals surface area contributed by atoms with Crippen molar-refractivity contribution in [3.63, 3.8) is 0 Å². The molecule has 2 N–H and O–H groups in total. The van der Waals surface area contributed by atoms with Crippen LogP contribution in [0.1, 0.15) is 13.3 Å². The van der Waals surface area contributed by atoms with Crippen LogP contribution in [0.25, 0.3) is 0 Å². The molecule has 0 aliphatic carbocycles. The summed E-state index contributed by atoms with van der Waals surface area (Å²) in [5.41, 5.74) is 0.791. The standard InChI is InChI=1S/C14H17IN2O3/c1-9-10(14(19)20)6-7-17(9)8-13(18)16-12-5-3-2-4-11(12)15/h2-5,9-10H,6-8H2,1H3,(H,16,18)(H,19,20). The van der Waals surface area contributed by atoms with Gasteiger partial charge in [-0.2, -0.15) is 0 Å². The molecule has 6 heteroatoms. The second-order valence-corrected chi connectivity index (χ2v) is 6.13. The maximum atomic E-state index is 12.0. The van der Waals surface area contributed by atoms with E-state index in [1.165, 1.54) is 0 Å². The van der Waals surface area contributed by atoms with E-state index in [-0.39, 0.29) is 24.4 Å². The zero-order valence-corrected chi connectivity index (χ0v) is 13.3. The third-order valence-corrected chi connectivity index (χ3v) is 4.64. The predicted molar refractivity (Wildman–Crippen MR) is 84.6 cm³/mol. The van der Waals surface area contributed by atoms with Crippen molar-refractivity contribution in [2.45, 2.75) is 19.4 Å². The van der Waals surface area contributed by atoms with Crippen LogP contribution in [0.4, 0.5) is 5.69 Å². The van der Waals surface area contributed by atoms with Gasteiger partial charge in [-0.15, -0.1) is 0 Å². The fourth-order valence-electron chi connectivity index (χ4n) is 2.49. The molecule has 0 bridgehead atoms. The summed E-state index contributed by atoms with van der Waals surface area (Å²) < 4.78 is 0.983. The lowest BCUT2D eigenvalue weighted by Crippen LogP contribution is -2.38. The van der Waals surface area contributed by atoms with E-state index in [1.54, 1.807) is 0 Å². The third-order valence-electron chi connectivity index (χ3n) is 3.70. The first-order chi connectivity index (χ1) is 9.49. The second kappa shape index (κ2) is 6.53.